The van der Waals surface area contributed by atoms with Crippen molar-refractivity contribution in [3.63, 3.8) is 0 Å². The summed E-state index contributed by atoms with van der Waals surface area (Å²) in [7, 11) is 0. The normalized spacial score (nSPS) is 11.0. The maximum Gasteiger partial charge on any atom is 0.155 e. The maximum absolute atomic E-state index is 4.32. The number of nitrogens with zero attached hydrogens (tertiary/aromatic N) is 3. The Hall–Kier alpha value is -1.88. The molecule has 3 aromatic heterocycles. The summed E-state index contributed by atoms with van der Waals surface area (Å²) in [5.41, 5.74) is 3.19. The van der Waals surface area contributed by atoms with E-state index in [1.54, 1.807) is 10.7 Å². The predicted octanol–water partition coefficient (Wildman–Crippen LogP) is 3.02. The fraction of sp³-hybridized carbons (Fsp3) is 0.231. The monoisotopic (exact) mass is 258 g/mol. The van der Waals surface area contributed by atoms with Crippen molar-refractivity contribution in [2.24, 2.45) is 0 Å². The second kappa shape index (κ2) is 4.42. The van der Waals surface area contributed by atoms with Crippen LogP contribution in [0.5, 0.6) is 0 Å². The summed E-state index contributed by atoms with van der Waals surface area (Å²) < 4.78 is 1.77. The Bertz CT molecular complexity index is 683. The molecule has 0 radical (unpaired) electrons. The van der Waals surface area contributed by atoms with Crippen molar-refractivity contribution in [3.8, 4) is 0 Å². The summed E-state index contributed by atoms with van der Waals surface area (Å²) in [6, 6.07) is 4.11. The molecule has 1 N–H and O–H groups in total. The van der Waals surface area contributed by atoms with Crippen molar-refractivity contribution in [2.45, 2.75) is 20.4 Å². The van der Waals surface area contributed by atoms with Crippen molar-refractivity contribution >= 4 is 22.7 Å². The largest absolute Gasteiger partial charge is 0.378 e. The number of hydrogen-bond acceptors (Lipinski definition) is 4. The summed E-state index contributed by atoms with van der Waals surface area (Å²) in [5.74, 6) is 0. The van der Waals surface area contributed by atoms with Crippen LogP contribution in [0.2, 0.25) is 0 Å². The Morgan fingerprint density at radius 1 is 1.39 bits per heavy atom. The smallest absolute Gasteiger partial charge is 0.155 e. The average Bonchev–Trinajstić information content (AvgIpc) is 2.92. The fourth-order valence-electron chi connectivity index (χ4n) is 1.96. The molecule has 4 nitrogen and oxygen atoms in total. The van der Waals surface area contributed by atoms with E-state index in [0.717, 1.165) is 17.9 Å². The van der Waals surface area contributed by atoms with E-state index in [-0.39, 0.29) is 0 Å². The molecule has 3 heterocycles. The third kappa shape index (κ3) is 2.09. The Kier molecular flexibility index (Phi) is 2.76. The van der Waals surface area contributed by atoms with Gasteiger partial charge in [0.15, 0.2) is 5.65 Å². The van der Waals surface area contributed by atoms with Gasteiger partial charge < -0.3 is 5.32 Å². The van der Waals surface area contributed by atoms with Gasteiger partial charge in [0.2, 0.25) is 0 Å². The predicted molar refractivity (Wildman–Crippen MR) is 74.1 cm³/mol. The number of fused-ring (bicyclic) bond motifs is 1. The number of anilines is 1. The Balaban J connectivity index is 1.78. The van der Waals surface area contributed by atoms with E-state index in [4.69, 9.17) is 0 Å². The summed E-state index contributed by atoms with van der Waals surface area (Å²) in [4.78, 5) is 7.04. The molecule has 0 amide bonds. The van der Waals surface area contributed by atoms with Gasteiger partial charge in [-0.2, -0.15) is 5.10 Å². The second-order valence-electron chi connectivity index (χ2n) is 4.27. The summed E-state index contributed by atoms with van der Waals surface area (Å²) >= 11 is 1.84. The van der Waals surface area contributed by atoms with Crippen molar-refractivity contribution in [1.29, 1.82) is 0 Å². The van der Waals surface area contributed by atoms with Gasteiger partial charge in [-0.25, -0.2) is 9.50 Å². The van der Waals surface area contributed by atoms with E-state index in [1.807, 2.05) is 29.8 Å². The van der Waals surface area contributed by atoms with Gasteiger partial charge in [-0.1, -0.05) is 0 Å². The molecule has 0 aliphatic rings. The molecule has 0 spiro atoms. The molecule has 3 rings (SSSR count). The molecule has 0 saturated carbocycles. The van der Waals surface area contributed by atoms with E-state index in [2.05, 4.69) is 35.3 Å². The lowest BCUT2D eigenvalue weighted by Crippen LogP contribution is -2.01. The van der Waals surface area contributed by atoms with Gasteiger partial charge in [0.05, 0.1) is 24.3 Å². The SMILES string of the molecule is Cc1cc(CNc2cnc3ccnn3c2)c(C)s1. The topological polar surface area (TPSA) is 42.2 Å². The molecular formula is C13H14N4S. The third-order valence-electron chi connectivity index (χ3n) is 2.87. The average molecular weight is 258 g/mol. The first kappa shape index (κ1) is 11.2. The quantitative estimate of drug-likeness (QED) is 0.785. The van der Waals surface area contributed by atoms with Gasteiger partial charge in [0.25, 0.3) is 0 Å². The molecular weight excluding hydrogens is 244 g/mol. The molecule has 0 saturated heterocycles. The summed E-state index contributed by atoms with van der Waals surface area (Å²) in [6.07, 6.45) is 5.54. The lowest BCUT2D eigenvalue weighted by Gasteiger charge is -2.05. The maximum atomic E-state index is 4.32. The molecule has 3 aromatic rings. The Morgan fingerprint density at radius 3 is 3.06 bits per heavy atom. The molecule has 92 valence electrons. The molecule has 0 fully saturated rings. The number of thiophene rings is 1. The standard InChI is InChI=1S/C13H14N4S/c1-9-5-11(10(2)18-9)6-14-12-7-15-13-3-4-16-17(13)8-12/h3-5,7-8,14H,6H2,1-2H3. The zero-order valence-corrected chi connectivity index (χ0v) is 11.2. The lowest BCUT2D eigenvalue weighted by molar-refractivity contribution is 0.935. The Morgan fingerprint density at radius 2 is 2.28 bits per heavy atom. The van der Waals surface area contributed by atoms with Gasteiger partial charge in [-0.15, -0.1) is 11.3 Å². The molecule has 0 bridgehead atoms. The summed E-state index contributed by atoms with van der Waals surface area (Å²) in [6.45, 7) is 5.12. The van der Waals surface area contributed by atoms with Crippen LogP contribution in [-0.4, -0.2) is 14.6 Å². The molecule has 0 aromatic carbocycles. The lowest BCUT2D eigenvalue weighted by atomic mass is 10.2. The highest BCUT2D eigenvalue weighted by molar-refractivity contribution is 7.12. The van der Waals surface area contributed by atoms with E-state index in [0.29, 0.717) is 0 Å². The molecule has 18 heavy (non-hydrogen) atoms. The van der Waals surface area contributed by atoms with Gasteiger partial charge >= 0.3 is 0 Å². The fourth-order valence-corrected chi connectivity index (χ4v) is 2.90. The summed E-state index contributed by atoms with van der Waals surface area (Å²) in [5, 5.41) is 7.55. The van der Waals surface area contributed by atoms with E-state index >= 15 is 0 Å². The number of aryl methyl sites for hydroxylation is 2. The van der Waals surface area contributed by atoms with Crippen LogP contribution in [0, 0.1) is 13.8 Å². The minimum atomic E-state index is 0.824. The zero-order chi connectivity index (χ0) is 12.5. The van der Waals surface area contributed by atoms with Gasteiger partial charge in [0.1, 0.15) is 0 Å². The van der Waals surface area contributed by atoms with Gasteiger partial charge in [0, 0.05) is 22.4 Å². The second-order valence-corrected chi connectivity index (χ2v) is 5.73. The first-order valence-electron chi connectivity index (χ1n) is 5.81. The van der Waals surface area contributed by atoms with Crippen LogP contribution in [0.25, 0.3) is 5.65 Å². The number of aromatic nitrogens is 3. The zero-order valence-electron chi connectivity index (χ0n) is 10.3. The minimum absolute atomic E-state index is 0.824. The highest BCUT2D eigenvalue weighted by atomic mass is 32.1. The molecule has 0 aliphatic heterocycles. The number of nitrogens with one attached hydrogen (secondary N) is 1. The number of rotatable bonds is 3. The van der Waals surface area contributed by atoms with Crippen molar-refractivity contribution in [3.05, 3.63) is 46.0 Å². The van der Waals surface area contributed by atoms with Crippen molar-refractivity contribution in [1.82, 2.24) is 14.6 Å². The van der Waals surface area contributed by atoms with E-state index in [9.17, 15) is 0 Å². The molecule has 0 unspecified atom stereocenters. The van der Waals surface area contributed by atoms with Crippen LogP contribution in [0.15, 0.2) is 30.7 Å². The Labute approximate surface area is 109 Å². The highest BCUT2D eigenvalue weighted by Crippen LogP contribution is 2.21. The highest BCUT2D eigenvalue weighted by Gasteiger charge is 2.03. The van der Waals surface area contributed by atoms with Crippen LogP contribution < -0.4 is 5.32 Å². The van der Waals surface area contributed by atoms with Gasteiger partial charge in [-0.05, 0) is 25.5 Å². The van der Waals surface area contributed by atoms with Gasteiger partial charge in [-0.3, -0.25) is 0 Å². The minimum Gasteiger partial charge on any atom is -0.378 e. The van der Waals surface area contributed by atoms with Crippen LogP contribution in [0.4, 0.5) is 5.69 Å². The van der Waals surface area contributed by atoms with E-state index < -0.39 is 0 Å². The first-order chi connectivity index (χ1) is 8.72. The van der Waals surface area contributed by atoms with Crippen LogP contribution in [0.3, 0.4) is 0 Å². The van der Waals surface area contributed by atoms with Crippen LogP contribution >= 0.6 is 11.3 Å². The molecule has 0 atom stereocenters. The van der Waals surface area contributed by atoms with Crippen LogP contribution in [-0.2, 0) is 6.54 Å². The molecule has 5 heteroatoms. The first-order valence-corrected chi connectivity index (χ1v) is 6.63. The van der Waals surface area contributed by atoms with E-state index in [1.165, 1.54) is 15.3 Å². The van der Waals surface area contributed by atoms with Crippen molar-refractivity contribution < 1.29 is 0 Å². The van der Waals surface area contributed by atoms with Crippen LogP contribution in [0.1, 0.15) is 15.3 Å². The van der Waals surface area contributed by atoms with Crippen molar-refractivity contribution in [2.75, 3.05) is 5.32 Å². The third-order valence-corrected chi connectivity index (χ3v) is 3.88. The molecule has 0 aliphatic carbocycles. The number of hydrogen-bond donors (Lipinski definition) is 1.